The maximum atomic E-state index is 15.1. The van der Waals surface area contributed by atoms with Crippen molar-refractivity contribution in [2.24, 2.45) is 17.3 Å². The van der Waals surface area contributed by atoms with Crippen molar-refractivity contribution >= 4 is 77.7 Å². The number of nitrogens with zero attached hydrogens (tertiary/aromatic N) is 3. The zero-order valence-corrected chi connectivity index (χ0v) is 43.8. The van der Waals surface area contributed by atoms with E-state index in [0.29, 0.717) is 25.2 Å². The Labute approximate surface area is 417 Å². The van der Waals surface area contributed by atoms with Gasteiger partial charge < -0.3 is 53.7 Å². The van der Waals surface area contributed by atoms with Gasteiger partial charge in [0.05, 0.1) is 29.1 Å². The van der Waals surface area contributed by atoms with E-state index in [1.807, 2.05) is 6.92 Å². The van der Waals surface area contributed by atoms with Crippen molar-refractivity contribution in [3.63, 3.8) is 0 Å². The van der Waals surface area contributed by atoms with E-state index in [1.54, 1.807) is 81.4 Å². The fraction of sp³-hybridized carbons (Fsp3) is 0.660. The van der Waals surface area contributed by atoms with Crippen LogP contribution in [0.25, 0.3) is 0 Å². The maximum Gasteiger partial charge on any atom is 0.514 e. The van der Waals surface area contributed by atoms with Crippen molar-refractivity contribution in [1.29, 1.82) is 0 Å². The van der Waals surface area contributed by atoms with Gasteiger partial charge in [-0.3, -0.25) is 19.8 Å². The average molecular weight is 1020 g/mol. The molecule has 384 valence electrons. The first kappa shape index (κ1) is 54.4. The lowest BCUT2D eigenvalue weighted by molar-refractivity contribution is -0.199. The van der Waals surface area contributed by atoms with Crippen molar-refractivity contribution in [2.75, 3.05) is 30.7 Å². The third kappa shape index (κ3) is 12.4. The number of aliphatic hydroxyl groups excluding tert-OH is 1. The fourth-order valence-electron chi connectivity index (χ4n) is 9.43. The molecule has 3 heterocycles. The molecule has 3 saturated carbocycles. The molecule has 1 aromatic heterocycles. The second kappa shape index (κ2) is 20.6. The average Bonchev–Trinajstić information content (AvgIpc) is 3.84. The van der Waals surface area contributed by atoms with E-state index < -0.39 is 83.8 Å². The standard InChI is InChI=1S/C47H67BN6O14S2/c1-14-53-17-18-54(37(58)36(53)57)40(60)51-33(27-24-70-39(49-27)52-41(61)65-44(5,6)7)35(56)50-31(48-67-30-23-26-22-29(46(26,11)12)47(30,13)68-48)21-25-15-16-28(69-20-19-55)32(38(59)64-43(2,3)4)34(25)63-42(62)66-45(8,9)10/h15-16,19,24,26,29-31,33,37,58H,14,17-18,20-23H2,1-13H3,(H,50,56)(H,51,60)(H,49,52,61)/t26-,29-,30+,31-,33?,37?,47-/m0/s1. The number of aromatic nitrogens is 1. The summed E-state index contributed by atoms with van der Waals surface area (Å²) in [5.74, 6) is -3.41. The van der Waals surface area contributed by atoms with Crippen LogP contribution in [0.5, 0.6) is 5.75 Å². The second-order valence-corrected chi connectivity index (χ2v) is 23.6. The molecule has 2 saturated heterocycles. The molecular formula is C47H67BN6O14S2. The van der Waals surface area contributed by atoms with Crippen LogP contribution in [0.4, 0.5) is 19.5 Å². The number of hydrogen-bond donors (Lipinski definition) is 4. The predicted molar refractivity (Wildman–Crippen MR) is 259 cm³/mol. The number of aliphatic hydroxyl groups is 1. The summed E-state index contributed by atoms with van der Waals surface area (Å²) in [5.41, 5.74) is -3.69. The lowest BCUT2D eigenvalue weighted by atomic mass is 9.43. The number of anilines is 1. The number of thiazole rings is 1. The van der Waals surface area contributed by atoms with Crippen LogP contribution >= 0.6 is 23.1 Å². The summed E-state index contributed by atoms with van der Waals surface area (Å²) in [7, 11) is -1.16. The predicted octanol–water partition coefficient (Wildman–Crippen LogP) is 6.28. The molecule has 2 aromatic rings. The highest BCUT2D eigenvalue weighted by Gasteiger charge is 2.68. The number of thioether (sulfide) groups is 1. The number of ether oxygens (including phenoxy) is 4. The zero-order chi connectivity index (χ0) is 51.9. The minimum atomic E-state index is -1.85. The number of esters is 1. The van der Waals surface area contributed by atoms with E-state index >= 15 is 4.79 Å². The Balaban J connectivity index is 1.44. The molecule has 70 heavy (non-hydrogen) atoms. The number of urea groups is 1. The number of hydrogen-bond acceptors (Lipinski definition) is 17. The first-order valence-corrected chi connectivity index (χ1v) is 25.3. The number of rotatable bonds is 14. The molecule has 23 heteroatoms. The Morgan fingerprint density at radius 3 is 2.27 bits per heavy atom. The number of likely N-dealkylation sites (N-methyl/N-ethyl adjacent to an activating group) is 1. The van der Waals surface area contributed by atoms with Gasteiger partial charge in [0.25, 0.3) is 5.91 Å². The van der Waals surface area contributed by atoms with Crippen LogP contribution < -0.4 is 20.7 Å². The zero-order valence-electron chi connectivity index (χ0n) is 42.2. The van der Waals surface area contributed by atoms with E-state index in [2.05, 4.69) is 34.8 Å². The van der Waals surface area contributed by atoms with Crippen molar-refractivity contribution in [3.05, 3.63) is 34.3 Å². The van der Waals surface area contributed by atoms with Gasteiger partial charge in [0.1, 0.15) is 28.7 Å². The van der Waals surface area contributed by atoms with Crippen molar-refractivity contribution in [3.8, 4) is 5.75 Å². The molecule has 5 amide bonds. The van der Waals surface area contributed by atoms with Gasteiger partial charge in [0, 0.05) is 29.9 Å². The Bertz CT molecular complexity index is 2350. The normalized spacial score (nSPS) is 23.8. The van der Waals surface area contributed by atoms with E-state index in [4.69, 9.17) is 28.3 Å². The van der Waals surface area contributed by atoms with Crippen LogP contribution in [0.2, 0.25) is 0 Å². The number of carbonyl (C=O) groups excluding carboxylic acids is 7. The van der Waals surface area contributed by atoms with Gasteiger partial charge in [0.2, 0.25) is 12.1 Å². The first-order valence-electron chi connectivity index (χ1n) is 23.4. The highest BCUT2D eigenvalue weighted by atomic mass is 32.2. The van der Waals surface area contributed by atoms with Crippen molar-refractivity contribution in [1.82, 2.24) is 25.4 Å². The van der Waals surface area contributed by atoms with Crippen molar-refractivity contribution < 1.29 is 66.9 Å². The molecule has 5 aliphatic rings. The summed E-state index contributed by atoms with van der Waals surface area (Å²) >= 11 is 1.97. The molecule has 2 bridgehead atoms. The SMILES string of the molecule is CCN1CCN(C(=O)NC(C(=O)N[C@@H](Cc2ccc(SCC=O)c(C(=O)OC(C)(C)C)c2OC(=O)OC(C)(C)C)B2O[C@@H]3C[C@@H]4C[C@@H](C4(C)C)[C@]3(C)O2)c2csc(NC(=O)OC(C)(C)C)n2)C(O)C1=O. The number of amides is 5. The van der Waals surface area contributed by atoms with E-state index in [0.717, 1.165) is 34.4 Å². The van der Waals surface area contributed by atoms with E-state index in [1.165, 1.54) is 10.3 Å². The Morgan fingerprint density at radius 2 is 1.66 bits per heavy atom. The summed E-state index contributed by atoms with van der Waals surface area (Å²) in [6, 6.07) is 0.581. The topological polar surface area (TPSA) is 251 Å². The minimum absolute atomic E-state index is 0.0251. The summed E-state index contributed by atoms with van der Waals surface area (Å²) in [5, 5.41) is 20.7. The van der Waals surface area contributed by atoms with Crippen LogP contribution in [0.15, 0.2) is 22.4 Å². The highest BCUT2D eigenvalue weighted by Crippen LogP contribution is 2.66. The molecule has 5 fully saturated rings. The molecule has 20 nitrogen and oxygen atoms in total. The molecule has 4 N–H and O–H groups in total. The van der Waals surface area contributed by atoms with E-state index in [9.17, 15) is 33.9 Å². The second-order valence-electron chi connectivity index (χ2n) is 21.7. The van der Waals surface area contributed by atoms with Gasteiger partial charge >= 0.3 is 31.4 Å². The number of piperazine rings is 1. The van der Waals surface area contributed by atoms with Crippen LogP contribution in [0.3, 0.4) is 0 Å². The number of aldehydes is 1. The summed E-state index contributed by atoms with van der Waals surface area (Å²) in [4.78, 5) is 101. The molecular weight excluding hydrogens is 947 g/mol. The minimum Gasteiger partial charge on any atom is -0.456 e. The van der Waals surface area contributed by atoms with Crippen LogP contribution in [-0.2, 0) is 44.3 Å². The molecule has 1 aromatic carbocycles. The molecule has 3 aliphatic carbocycles. The molecule has 0 spiro atoms. The number of nitrogens with one attached hydrogen (secondary N) is 3. The summed E-state index contributed by atoms with van der Waals surface area (Å²) < 4.78 is 36.4. The third-order valence-electron chi connectivity index (χ3n) is 12.8. The Kier molecular flexibility index (Phi) is 16.0. The molecule has 7 rings (SSSR count). The molecule has 7 atom stereocenters. The van der Waals surface area contributed by atoms with E-state index in [-0.39, 0.29) is 75.3 Å². The van der Waals surface area contributed by atoms with Gasteiger partial charge in [0.15, 0.2) is 16.9 Å². The van der Waals surface area contributed by atoms with Gasteiger partial charge in [-0.1, -0.05) is 19.9 Å². The Hall–Kier alpha value is -4.97. The summed E-state index contributed by atoms with van der Waals surface area (Å²) in [6.07, 6.45) is -2.14. The lowest BCUT2D eigenvalue weighted by Crippen LogP contribution is -2.65. The Morgan fingerprint density at radius 1 is 0.986 bits per heavy atom. The lowest BCUT2D eigenvalue weighted by Gasteiger charge is -2.64. The monoisotopic (exact) mass is 1010 g/mol. The van der Waals surface area contributed by atoms with Crippen molar-refractivity contribution in [2.45, 2.75) is 161 Å². The maximum absolute atomic E-state index is 15.1. The van der Waals surface area contributed by atoms with Gasteiger partial charge in [-0.25, -0.2) is 24.2 Å². The largest absolute Gasteiger partial charge is 0.514 e. The van der Waals surface area contributed by atoms with Crippen LogP contribution in [-0.4, -0.2) is 135 Å². The smallest absolute Gasteiger partial charge is 0.456 e. The first-order chi connectivity index (χ1) is 32.4. The third-order valence-corrected chi connectivity index (χ3v) is 14.5. The van der Waals surface area contributed by atoms with Gasteiger partial charge in [-0.2, -0.15) is 0 Å². The van der Waals surface area contributed by atoms with Gasteiger partial charge in [-0.15, -0.1) is 23.1 Å². The van der Waals surface area contributed by atoms with Gasteiger partial charge in [-0.05, 0) is 124 Å². The summed E-state index contributed by atoms with van der Waals surface area (Å²) in [6.45, 7) is 23.5. The quantitative estimate of drug-likeness (QED) is 0.0406. The van der Waals surface area contributed by atoms with Crippen LogP contribution in [0.1, 0.15) is 131 Å². The number of carbonyl (C=O) groups is 7. The number of benzene rings is 1. The van der Waals surface area contributed by atoms with Crippen LogP contribution in [0, 0.1) is 17.3 Å². The molecule has 0 radical (unpaired) electrons. The fourth-order valence-corrected chi connectivity index (χ4v) is 10.9. The molecule has 2 aliphatic heterocycles. The molecule has 2 unspecified atom stereocenters. The highest BCUT2D eigenvalue weighted by molar-refractivity contribution is 8.00.